The zero-order chi connectivity index (χ0) is 28.8. The summed E-state index contributed by atoms with van der Waals surface area (Å²) in [5.74, 6) is -1.70. The molecule has 2 amide bonds. The Kier molecular flexibility index (Phi) is 9.25. The number of amides is 2. The number of esters is 2. The van der Waals surface area contributed by atoms with E-state index < -0.39 is 29.1 Å². The van der Waals surface area contributed by atoms with Gasteiger partial charge in [-0.1, -0.05) is 60.7 Å². The Bertz CT molecular complexity index is 1190. The van der Waals surface area contributed by atoms with Crippen LogP contribution in [0.2, 0.25) is 0 Å². The SMILES string of the molecule is CC(C)(C)OC(=O)CCN1C(=O)C(CC(=O)OCc2ccccc2)NC(=O)C12CCN(Cc1ccccc1)CC2. The number of ether oxygens (including phenoxy) is 2. The highest BCUT2D eigenvalue weighted by Gasteiger charge is 2.54. The maximum absolute atomic E-state index is 13.8. The van der Waals surface area contributed by atoms with Gasteiger partial charge in [0, 0.05) is 26.2 Å². The summed E-state index contributed by atoms with van der Waals surface area (Å²) in [6.07, 6.45) is 0.529. The molecule has 4 rings (SSSR count). The Labute approximate surface area is 235 Å². The summed E-state index contributed by atoms with van der Waals surface area (Å²) in [7, 11) is 0. The van der Waals surface area contributed by atoms with Gasteiger partial charge >= 0.3 is 11.9 Å². The minimum Gasteiger partial charge on any atom is -0.461 e. The number of piperazine rings is 1. The molecule has 2 aliphatic heterocycles. The van der Waals surface area contributed by atoms with Crippen LogP contribution in [0, 0.1) is 0 Å². The lowest BCUT2D eigenvalue weighted by Crippen LogP contribution is -2.73. The molecule has 0 bridgehead atoms. The predicted molar refractivity (Wildman–Crippen MR) is 149 cm³/mol. The number of likely N-dealkylation sites (tertiary alicyclic amines) is 1. The van der Waals surface area contributed by atoms with Gasteiger partial charge in [0.1, 0.15) is 23.8 Å². The van der Waals surface area contributed by atoms with Gasteiger partial charge in [-0.05, 0) is 44.7 Å². The molecule has 1 unspecified atom stereocenters. The van der Waals surface area contributed by atoms with Crippen molar-refractivity contribution in [3.05, 3.63) is 71.8 Å². The first-order chi connectivity index (χ1) is 19.1. The molecule has 2 aromatic carbocycles. The van der Waals surface area contributed by atoms with E-state index in [1.807, 2.05) is 48.5 Å². The summed E-state index contributed by atoms with van der Waals surface area (Å²) in [5.41, 5.74) is 0.260. The van der Waals surface area contributed by atoms with Crippen LogP contribution >= 0.6 is 0 Å². The Morgan fingerprint density at radius 2 is 1.52 bits per heavy atom. The number of nitrogens with one attached hydrogen (secondary N) is 1. The highest BCUT2D eigenvalue weighted by Crippen LogP contribution is 2.34. The Morgan fingerprint density at radius 3 is 2.12 bits per heavy atom. The van der Waals surface area contributed by atoms with E-state index in [4.69, 9.17) is 9.47 Å². The third-order valence-corrected chi connectivity index (χ3v) is 7.31. The van der Waals surface area contributed by atoms with Gasteiger partial charge in [0.15, 0.2) is 0 Å². The van der Waals surface area contributed by atoms with Crippen molar-refractivity contribution in [2.75, 3.05) is 19.6 Å². The molecule has 0 saturated carbocycles. The number of rotatable bonds is 9. The molecule has 9 heteroatoms. The topological polar surface area (TPSA) is 105 Å². The van der Waals surface area contributed by atoms with Gasteiger partial charge in [-0.3, -0.25) is 24.1 Å². The van der Waals surface area contributed by atoms with Gasteiger partial charge in [-0.15, -0.1) is 0 Å². The molecule has 0 aromatic heterocycles. The van der Waals surface area contributed by atoms with Crippen molar-refractivity contribution in [3.8, 4) is 0 Å². The molecule has 2 saturated heterocycles. The molecule has 2 heterocycles. The molecule has 0 radical (unpaired) electrons. The largest absolute Gasteiger partial charge is 0.461 e. The summed E-state index contributed by atoms with van der Waals surface area (Å²) in [4.78, 5) is 56.4. The second-order valence-electron chi connectivity index (χ2n) is 11.5. The quantitative estimate of drug-likeness (QED) is 0.479. The van der Waals surface area contributed by atoms with Crippen LogP contribution < -0.4 is 5.32 Å². The number of nitrogens with zero attached hydrogens (tertiary/aromatic N) is 2. The molecule has 2 aromatic rings. The molecule has 0 aliphatic carbocycles. The summed E-state index contributed by atoms with van der Waals surface area (Å²) in [5, 5.41) is 2.81. The first kappa shape index (κ1) is 29.3. The lowest BCUT2D eigenvalue weighted by atomic mass is 9.81. The van der Waals surface area contributed by atoms with Crippen molar-refractivity contribution >= 4 is 23.8 Å². The average molecular weight is 550 g/mol. The average Bonchev–Trinajstić information content (AvgIpc) is 2.92. The number of benzene rings is 2. The van der Waals surface area contributed by atoms with Crippen LogP contribution in [0.25, 0.3) is 0 Å². The standard InChI is InChI=1S/C31H39N3O6/c1-30(2,3)40-26(35)14-17-34-28(37)25(20-27(36)39-22-24-12-8-5-9-13-24)32-29(38)31(34)15-18-33(19-16-31)21-23-10-6-4-7-11-23/h4-13,25H,14-22H2,1-3H3,(H,32,38). The highest BCUT2D eigenvalue weighted by atomic mass is 16.6. The second-order valence-corrected chi connectivity index (χ2v) is 11.5. The zero-order valence-electron chi connectivity index (χ0n) is 23.6. The minimum absolute atomic E-state index is 0.0371. The number of piperidine rings is 1. The summed E-state index contributed by atoms with van der Waals surface area (Å²) in [6.45, 7) is 7.45. The van der Waals surface area contributed by atoms with Crippen LogP contribution in [0.4, 0.5) is 0 Å². The Hall–Kier alpha value is -3.72. The van der Waals surface area contributed by atoms with Crippen molar-refractivity contribution in [2.45, 2.75) is 76.8 Å². The van der Waals surface area contributed by atoms with E-state index in [0.29, 0.717) is 25.9 Å². The molecule has 1 N–H and O–H groups in total. The maximum atomic E-state index is 13.8. The van der Waals surface area contributed by atoms with Crippen molar-refractivity contribution < 1.29 is 28.7 Å². The molecular weight excluding hydrogens is 510 g/mol. The lowest BCUT2D eigenvalue weighted by Gasteiger charge is -2.51. The minimum atomic E-state index is -1.09. The summed E-state index contributed by atoms with van der Waals surface area (Å²) in [6, 6.07) is 18.3. The van der Waals surface area contributed by atoms with Crippen molar-refractivity contribution in [1.29, 1.82) is 0 Å². The van der Waals surface area contributed by atoms with E-state index in [2.05, 4.69) is 22.3 Å². The fourth-order valence-corrected chi connectivity index (χ4v) is 5.32. The number of carbonyl (C=O) groups excluding carboxylic acids is 4. The van der Waals surface area contributed by atoms with Gasteiger partial charge < -0.3 is 19.7 Å². The van der Waals surface area contributed by atoms with Crippen molar-refractivity contribution in [1.82, 2.24) is 15.1 Å². The van der Waals surface area contributed by atoms with Gasteiger partial charge in [-0.25, -0.2) is 0 Å². The maximum Gasteiger partial charge on any atom is 0.308 e. The van der Waals surface area contributed by atoms with E-state index in [0.717, 1.165) is 12.1 Å². The van der Waals surface area contributed by atoms with Gasteiger partial charge in [0.25, 0.3) is 0 Å². The number of hydrogen-bond acceptors (Lipinski definition) is 7. The van der Waals surface area contributed by atoms with Crippen LogP contribution in [-0.2, 0) is 41.8 Å². The predicted octanol–water partition coefficient (Wildman–Crippen LogP) is 3.21. The van der Waals surface area contributed by atoms with Gasteiger partial charge in [-0.2, -0.15) is 0 Å². The van der Waals surface area contributed by atoms with Crippen LogP contribution in [0.3, 0.4) is 0 Å². The van der Waals surface area contributed by atoms with Crippen LogP contribution in [-0.4, -0.2) is 70.4 Å². The first-order valence-corrected chi connectivity index (χ1v) is 13.9. The first-order valence-electron chi connectivity index (χ1n) is 13.9. The molecule has 1 spiro atoms. The molecule has 40 heavy (non-hydrogen) atoms. The zero-order valence-corrected chi connectivity index (χ0v) is 23.6. The molecule has 214 valence electrons. The van der Waals surface area contributed by atoms with Crippen LogP contribution in [0.5, 0.6) is 0 Å². The van der Waals surface area contributed by atoms with E-state index in [-0.39, 0.29) is 37.8 Å². The Morgan fingerprint density at radius 1 is 0.925 bits per heavy atom. The van der Waals surface area contributed by atoms with E-state index in [1.54, 1.807) is 20.8 Å². The third kappa shape index (κ3) is 7.47. The Balaban J connectivity index is 1.45. The fourth-order valence-electron chi connectivity index (χ4n) is 5.32. The summed E-state index contributed by atoms with van der Waals surface area (Å²) < 4.78 is 10.8. The van der Waals surface area contributed by atoms with E-state index >= 15 is 0 Å². The normalized spacial score (nSPS) is 19.3. The van der Waals surface area contributed by atoms with Crippen molar-refractivity contribution in [2.24, 2.45) is 0 Å². The van der Waals surface area contributed by atoms with Gasteiger partial charge in [0.05, 0.1) is 12.8 Å². The van der Waals surface area contributed by atoms with E-state index in [1.165, 1.54) is 10.5 Å². The molecule has 2 aliphatic rings. The molecule has 1 atom stereocenters. The monoisotopic (exact) mass is 549 g/mol. The van der Waals surface area contributed by atoms with Crippen molar-refractivity contribution in [3.63, 3.8) is 0 Å². The van der Waals surface area contributed by atoms with Crippen LogP contribution in [0.1, 0.15) is 57.6 Å². The number of hydrogen-bond donors (Lipinski definition) is 1. The van der Waals surface area contributed by atoms with E-state index in [9.17, 15) is 19.2 Å². The van der Waals surface area contributed by atoms with Gasteiger partial charge in [0.2, 0.25) is 11.8 Å². The number of carbonyl (C=O) groups is 4. The second kappa shape index (κ2) is 12.6. The highest BCUT2D eigenvalue weighted by molar-refractivity contribution is 6.01. The smallest absolute Gasteiger partial charge is 0.308 e. The third-order valence-electron chi connectivity index (χ3n) is 7.31. The van der Waals surface area contributed by atoms with Crippen LogP contribution in [0.15, 0.2) is 60.7 Å². The lowest BCUT2D eigenvalue weighted by molar-refractivity contribution is -0.166. The molecule has 9 nitrogen and oxygen atoms in total. The molecule has 2 fully saturated rings. The fraction of sp³-hybridized carbons (Fsp3) is 0.484. The summed E-state index contributed by atoms with van der Waals surface area (Å²) >= 11 is 0. The molecular formula is C31H39N3O6.